The molecule has 1 fully saturated rings. The SMILES string of the molecule is C/C=C/C(C(=O)N[C@H]1C(=O)N2C(C(=O)OCOC(=O)C(C)(C)C)=C(COC(N)=O)CS[C@@H]12)c1csc(N)n1. The Kier molecular flexibility index (Phi) is 9.04. The van der Waals surface area contributed by atoms with Crippen molar-refractivity contribution in [3.63, 3.8) is 0 Å². The van der Waals surface area contributed by atoms with Crippen LogP contribution in [-0.4, -0.2) is 70.3 Å². The monoisotopic (exact) mass is 567 g/mol. The maximum absolute atomic E-state index is 13.2. The van der Waals surface area contributed by atoms with E-state index in [-0.39, 0.29) is 23.6 Å². The van der Waals surface area contributed by atoms with Gasteiger partial charge in [0.15, 0.2) is 5.13 Å². The third kappa shape index (κ3) is 6.45. The highest BCUT2D eigenvalue weighted by Gasteiger charge is 2.55. The van der Waals surface area contributed by atoms with Crippen LogP contribution in [0.15, 0.2) is 28.8 Å². The Morgan fingerprint density at radius 1 is 1.26 bits per heavy atom. The van der Waals surface area contributed by atoms with Gasteiger partial charge in [0, 0.05) is 16.7 Å². The van der Waals surface area contributed by atoms with Gasteiger partial charge in [-0.1, -0.05) is 12.2 Å². The van der Waals surface area contributed by atoms with E-state index in [1.165, 1.54) is 23.1 Å². The molecule has 0 bridgehead atoms. The van der Waals surface area contributed by atoms with Gasteiger partial charge in [0.05, 0.1) is 17.0 Å². The van der Waals surface area contributed by atoms with E-state index in [9.17, 15) is 24.0 Å². The number of rotatable bonds is 9. The average molecular weight is 568 g/mol. The van der Waals surface area contributed by atoms with Gasteiger partial charge in [-0.2, -0.15) is 0 Å². The molecule has 0 radical (unpaired) electrons. The zero-order valence-corrected chi connectivity index (χ0v) is 22.9. The lowest BCUT2D eigenvalue weighted by molar-refractivity contribution is -0.173. The molecule has 38 heavy (non-hydrogen) atoms. The van der Waals surface area contributed by atoms with Gasteiger partial charge < -0.3 is 31.0 Å². The molecule has 0 saturated carbocycles. The van der Waals surface area contributed by atoms with Gasteiger partial charge >= 0.3 is 18.0 Å². The molecule has 1 aromatic heterocycles. The number of anilines is 1. The predicted molar refractivity (Wildman–Crippen MR) is 138 cm³/mol. The highest BCUT2D eigenvalue weighted by molar-refractivity contribution is 8.00. The number of hydrogen-bond acceptors (Lipinski definition) is 12. The number of nitrogens with two attached hydrogens (primary N) is 2. The van der Waals surface area contributed by atoms with Gasteiger partial charge in [-0.25, -0.2) is 14.6 Å². The zero-order chi connectivity index (χ0) is 28.2. The minimum atomic E-state index is -1.06. The van der Waals surface area contributed by atoms with Crippen molar-refractivity contribution in [2.24, 2.45) is 11.1 Å². The predicted octanol–water partition coefficient (Wildman–Crippen LogP) is 1.22. The van der Waals surface area contributed by atoms with Gasteiger partial charge in [0.1, 0.15) is 23.7 Å². The van der Waals surface area contributed by atoms with Gasteiger partial charge in [0.2, 0.25) is 12.7 Å². The van der Waals surface area contributed by atoms with Crippen LogP contribution in [0.5, 0.6) is 0 Å². The van der Waals surface area contributed by atoms with Gasteiger partial charge in [-0.15, -0.1) is 23.1 Å². The van der Waals surface area contributed by atoms with Crippen LogP contribution in [0.2, 0.25) is 0 Å². The number of carbonyl (C=O) groups excluding carboxylic acids is 5. The number of fused-ring (bicyclic) bond motifs is 1. The fourth-order valence-electron chi connectivity index (χ4n) is 3.56. The Morgan fingerprint density at radius 3 is 2.55 bits per heavy atom. The molecule has 3 atom stereocenters. The average Bonchev–Trinajstić information content (AvgIpc) is 3.28. The first kappa shape index (κ1) is 29.0. The number of carbonyl (C=O) groups is 5. The number of ether oxygens (including phenoxy) is 3. The molecule has 0 aliphatic carbocycles. The van der Waals surface area contributed by atoms with Crippen molar-refractivity contribution < 1.29 is 38.2 Å². The number of nitrogens with one attached hydrogen (secondary N) is 1. The second-order valence-electron chi connectivity index (χ2n) is 9.30. The van der Waals surface area contributed by atoms with E-state index in [4.69, 9.17) is 25.7 Å². The molecule has 15 heteroatoms. The lowest BCUT2D eigenvalue weighted by Crippen LogP contribution is -2.71. The minimum absolute atomic E-state index is 0.158. The van der Waals surface area contributed by atoms with Crippen molar-refractivity contribution >= 4 is 58.1 Å². The first-order valence-corrected chi connectivity index (χ1v) is 13.3. The number of amides is 3. The highest BCUT2D eigenvalue weighted by Crippen LogP contribution is 2.41. The fraction of sp³-hybridized carbons (Fsp3) is 0.478. The number of esters is 2. The Balaban J connectivity index is 1.76. The molecule has 5 N–H and O–H groups in total. The molecular formula is C23H29N5O8S2. The Hall–Kier alpha value is -3.59. The summed E-state index contributed by atoms with van der Waals surface area (Å²) in [4.78, 5) is 67.6. The normalized spacial score (nSPS) is 19.9. The van der Waals surface area contributed by atoms with Crippen molar-refractivity contribution in [2.45, 2.75) is 45.0 Å². The zero-order valence-electron chi connectivity index (χ0n) is 21.2. The highest BCUT2D eigenvalue weighted by atomic mass is 32.2. The van der Waals surface area contributed by atoms with Crippen LogP contribution >= 0.6 is 23.1 Å². The maximum Gasteiger partial charge on any atom is 0.404 e. The molecule has 3 heterocycles. The van der Waals surface area contributed by atoms with E-state index < -0.39 is 59.4 Å². The summed E-state index contributed by atoms with van der Waals surface area (Å²) >= 11 is 2.45. The van der Waals surface area contributed by atoms with Crippen molar-refractivity contribution in [1.82, 2.24) is 15.2 Å². The molecule has 1 saturated heterocycles. The van der Waals surface area contributed by atoms with Crippen molar-refractivity contribution in [2.75, 3.05) is 24.9 Å². The van der Waals surface area contributed by atoms with E-state index in [1.807, 2.05) is 0 Å². The summed E-state index contributed by atoms with van der Waals surface area (Å²) < 4.78 is 14.9. The first-order valence-electron chi connectivity index (χ1n) is 11.4. The van der Waals surface area contributed by atoms with Gasteiger partial charge in [0.25, 0.3) is 5.91 Å². The number of allylic oxidation sites excluding steroid dienone is 1. The number of nitrogen functional groups attached to an aromatic ring is 1. The Bertz CT molecular complexity index is 1190. The second kappa shape index (κ2) is 11.9. The van der Waals surface area contributed by atoms with E-state index in [1.54, 1.807) is 45.2 Å². The van der Waals surface area contributed by atoms with Gasteiger partial charge in [-0.05, 0) is 27.7 Å². The topological polar surface area (TPSA) is 193 Å². The van der Waals surface area contributed by atoms with E-state index in [2.05, 4.69) is 10.3 Å². The second-order valence-corrected chi connectivity index (χ2v) is 11.3. The quantitative estimate of drug-likeness (QED) is 0.168. The molecule has 3 amide bonds. The number of primary amides is 1. The molecule has 3 rings (SSSR count). The smallest absolute Gasteiger partial charge is 0.404 e. The molecule has 0 spiro atoms. The number of aromatic nitrogens is 1. The standard InChI is InChI=1S/C23H29N5O8S2/c1-5-6-12(13-9-38-21(24)26-13)16(29)27-14-17(30)28-15(11(7-34-22(25)33)8-37-18(14)28)19(31)35-10-36-20(32)23(2,3)4/h5-6,9,12,14,18H,7-8,10H2,1-4H3,(H2,24,26)(H2,25,33)(H,27,29)/b6-5+/t12?,14-,18-/m0/s1. The molecule has 206 valence electrons. The first-order chi connectivity index (χ1) is 17.8. The maximum atomic E-state index is 13.2. The molecule has 2 aliphatic heterocycles. The van der Waals surface area contributed by atoms with Crippen molar-refractivity contribution in [3.8, 4) is 0 Å². The van der Waals surface area contributed by atoms with Crippen LogP contribution in [0.3, 0.4) is 0 Å². The van der Waals surface area contributed by atoms with Crippen LogP contribution in [-0.2, 0) is 33.4 Å². The fourth-order valence-corrected chi connectivity index (χ4v) is 5.49. The summed E-state index contributed by atoms with van der Waals surface area (Å²) in [6, 6.07) is -0.934. The van der Waals surface area contributed by atoms with Crippen LogP contribution in [0.4, 0.5) is 9.93 Å². The number of nitrogens with zero attached hydrogens (tertiary/aromatic N) is 2. The van der Waals surface area contributed by atoms with E-state index in [0.717, 1.165) is 4.90 Å². The number of β-lactam (4-membered cyclic amide) rings is 1. The summed E-state index contributed by atoms with van der Waals surface area (Å²) in [6.07, 6.45) is 2.27. The summed E-state index contributed by atoms with van der Waals surface area (Å²) in [5.41, 5.74) is 10.5. The molecule has 1 unspecified atom stereocenters. The summed E-state index contributed by atoms with van der Waals surface area (Å²) in [5, 5.41) is 4.07. The molecule has 0 aromatic carbocycles. The largest absolute Gasteiger partial charge is 0.445 e. The lowest BCUT2D eigenvalue weighted by atomic mass is 9.98. The van der Waals surface area contributed by atoms with Crippen LogP contribution in [0, 0.1) is 5.41 Å². The van der Waals surface area contributed by atoms with Crippen LogP contribution < -0.4 is 16.8 Å². The molecule has 13 nitrogen and oxygen atoms in total. The lowest BCUT2D eigenvalue weighted by Gasteiger charge is -2.49. The van der Waals surface area contributed by atoms with Crippen molar-refractivity contribution in [3.05, 3.63) is 34.5 Å². The van der Waals surface area contributed by atoms with Gasteiger partial charge in [-0.3, -0.25) is 19.3 Å². The summed E-state index contributed by atoms with van der Waals surface area (Å²) in [6.45, 7) is 5.64. The van der Waals surface area contributed by atoms with Crippen molar-refractivity contribution in [1.29, 1.82) is 0 Å². The number of thiazole rings is 1. The van der Waals surface area contributed by atoms with Crippen LogP contribution in [0.1, 0.15) is 39.3 Å². The Labute approximate surface area is 226 Å². The number of thioether (sulfide) groups is 1. The summed E-state index contributed by atoms with van der Waals surface area (Å²) in [5.74, 6) is -3.15. The van der Waals surface area contributed by atoms with E-state index in [0.29, 0.717) is 10.8 Å². The molecule has 1 aromatic rings. The Morgan fingerprint density at radius 2 is 1.97 bits per heavy atom. The molecule has 2 aliphatic rings. The third-order valence-corrected chi connectivity index (χ3v) is 7.48. The van der Waals surface area contributed by atoms with E-state index >= 15 is 0 Å². The van der Waals surface area contributed by atoms with Crippen LogP contribution in [0.25, 0.3) is 0 Å². The number of hydrogen-bond donors (Lipinski definition) is 3. The minimum Gasteiger partial charge on any atom is -0.445 e. The summed E-state index contributed by atoms with van der Waals surface area (Å²) in [7, 11) is 0. The molecular weight excluding hydrogens is 538 g/mol. The third-order valence-electron chi connectivity index (χ3n) is 5.45.